The Kier molecular flexibility index (Phi) is 3.29. The van der Waals surface area contributed by atoms with E-state index in [2.05, 4.69) is 4.74 Å². The van der Waals surface area contributed by atoms with E-state index in [1.807, 2.05) is 0 Å². The third-order valence-electron chi connectivity index (χ3n) is 1.60. The van der Waals surface area contributed by atoms with Crippen molar-refractivity contribution < 1.29 is 22.7 Å². The van der Waals surface area contributed by atoms with Crippen molar-refractivity contribution in [1.82, 2.24) is 0 Å². The van der Waals surface area contributed by atoms with Gasteiger partial charge in [0.2, 0.25) is 0 Å². The van der Waals surface area contributed by atoms with Crippen molar-refractivity contribution in [2.24, 2.45) is 0 Å². The number of ether oxygens (including phenoxy) is 1. The summed E-state index contributed by atoms with van der Waals surface area (Å²) in [7, 11) is 0. The van der Waals surface area contributed by atoms with Gasteiger partial charge in [0, 0.05) is 0 Å². The molecule has 0 saturated heterocycles. The standard InChI is InChI=1S/C9H4F3NO2/c10-8-6(4-14)5(3-13)1-2-7(8)15-9(11)12/h1-2,4,9H. The van der Waals surface area contributed by atoms with Crippen molar-refractivity contribution >= 4 is 6.29 Å². The van der Waals surface area contributed by atoms with Crippen LogP contribution < -0.4 is 4.74 Å². The Labute approximate surface area is 82.7 Å². The molecule has 0 unspecified atom stereocenters. The van der Waals surface area contributed by atoms with Crippen LogP contribution in [0.2, 0.25) is 0 Å². The molecule has 0 N–H and O–H groups in total. The highest BCUT2D eigenvalue weighted by Gasteiger charge is 2.16. The SMILES string of the molecule is N#Cc1ccc(OC(F)F)c(F)c1C=O. The summed E-state index contributed by atoms with van der Waals surface area (Å²) < 4.78 is 40.6. The van der Waals surface area contributed by atoms with Crippen molar-refractivity contribution in [2.75, 3.05) is 0 Å². The summed E-state index contributed by atoms with van der Waals surface area (Å²) in [6, 6.07) is 3.45. The van der Waals surface area contributed by atoms with Crippen LogP contribution in [0.15, 0.2) is 12.1 Å². The first-order chi connectivity index (χ1) is 7.10. The lowest BCUT2D eigenvalue weighted by Crippen LogP contribution is -2.06. The zero-order chi connectivity index (χ0) is 11.4. The van der Waals surface area contributed by atoms with Gasteiger partial charge < -0.3 is 4.74 Å². The summed E-state index contributed by atoms with van der Waals surface area (Å²) in [5.41, 5.74) is -0.820. The van der Waals surface area contributed by atoms with Gasteiger partial charge in [0.25, 0.3) is 0 Å². The van der Waals surface area contributed by atoms with E-state index >= 15 is 0 Å². The molecule has 0 aliphatic heterocycles. The second-order valence-electron chi connectivity index (χ2n) is 2.45. The smallest absolute Gasteiger partial charge is 0.387 e. The number of halogens is 3. The van der Waals surface area contributed by atoms with Gasteiger partial charge in [-0.25, -0.2) is 4.39 Å². The molecule has 1 aromatic rings. The van der Waals surface area contributed by atoms with Gasteiger partial charge in [0.15, 0.2) is 17.9 Å². The van der Waals surface area contributed by atoms with E-state index < -0.39 is 23.7 Å². The highest BCUT2D eigenvalue weighted by molar-refractivity contribution is 5.80. The first-order valence-corrected chi connectivity index (χ1v) is 3.72. The van der Waals surface area contributed by atoms with Crippen LogP contribution in [0.1, 0.15) is 15.9 Å². The second kappa shape index (κ2) is 4.46. The molecule has 15 heavy (non-hydrogen) atoms. The molecule has 0 aromatic heterocycles. The normalized spacial score (nSPS) is 9.80. The molecule has 0 bridgehead atoms. The van der Waals surface area contributed by atoms with E-state index in [9.17, 15) is 18.0 Å². The molecule has 78 valence electrons. The molecule has 0 radical (unpaired) electrons. The zero-order valence-electron chi connectivity index (χ0n) is 7.21. The van der Waals surface area contributed by atoms with Gasteiger partial charge in [-0.3, -0.25) is 4.79 Å². The zero-order valence-corrected chi connectivity index (χ0v) is 7.21. The van der Waals surface area contributed by atoms with E-state index in [4.69, 9.17) is 5.26 Å². The number of hydrogen-bond donors (Lipinski definition) is 0. The van der Waals surface area contributed by atoms with Crippen LogP contribution in [-0.2, 0) is 0 Å². The van der Waals surface area contributed by atoms with Gasteiger partial charge >= 0.3 is 6.61 Å². The quantitative estimate of drug-likeness (QED) is 0.725. The number of nitrogens with zero attached hydrogens (tertiary/aromatic N) is 1. The highest BCUT2D eigenvalue weighted by atomic mass is 19.3. The van der Waals surface area contributed by atoms with Crippen molar-refractivity contribution in [2.45, 2.75) is 6.61 Å². The molecule has 0 aliphatic rings. The average Bonchev–Trinajstić information content (AvgIpc) is 2.20. The van der Waals surface area contributed by atoms with Gasteiger partial charge in [0.1, 0.15) is 0 Å². The molecular weight excluding hydrogens is 211 g/mol. The first-order valence-electron chi connectivity index (χ1n) is 3.72. The Bertz CT molecular complexity index is 426. The minimum atomic E-state index is -3.19. The number of alkyl halides is 2. The minimum absolute atomic E-state index is 0.0756. The van der Waals surface area contributed by atoms with Crippen LogP contribution in [0.5, 0.6) is 5.75 Å². The Morgan fingerprint density at radius 1 is 1.47 bits per heavy atom. The molecule has 0 amide bonds. The van der Waals surface area contributed by atoms with Crippen LogP contribution in [0.4, 0.5) is 13.2 Å². The fourth-order valence-corrected chi connectivity index (χ4v) is 0.973. The lowest BCUT2D eigenvalue weighted by molar-refractivity contribution is -0.0522. The maximum atomic E-state index is 13.2. The molecule has 0 heterocycles. The summed E-state index contributed by atoms with van der Waals surface area (Å²) in [5.74, 6) is -2.02. The number of carbonyl (C=O) groups is 1. The number of rotatable bonds is 3. The first kappa shape index (κ1) is 11.0. The third kappa shape index (κ3) is 2.26. The summed E-state index contributed by atoms with van der Waals surface area (Å²) in [6.45, 7) is -3.19. The van der Waals surface area contributed by atoms with Crippen molar-refractivity contribution in [3.63, 3.8) is 0 Å². The lowest BCUT2D eigenvalue weighted by atomic mass is 10.1. The van der Waals surface area contributed by atoms with E-state index in [0.717, 1.165) is 12.1 Å². The molecule has 6 heteroatoms. The molecule has 0 spiro atoms. The predicted octanol–water partition coefficient (Wildman–Crippen LogP) is 2.11. The maximum Gasteiger partial charge on any atom is 0.387 e. The molecule has 0 fully saturated rings. The van der Waals surface area contributed by atoms with E-state index in [0.29, 0.717) is 0 Å². The molecule has 1 aromatic carbocycles. The van der Waals surface area contributed by atoms with E-state index in [1.54, 1.807) is 6.07 Å². The number of benzene rings is 1. The fraction of sp³-hybridized carbons (Fsp3) is 0.111. The number of aldehydes is 1. The van der Waals surface area contributed by atoms with Gasteiger partial charge in [-0.2, -0.15) is 14.0 Å². The average molecular weight is 215 g/mol. The van der Waals surface area contributed by atoms with Crippen LogP contribution in [0.3, 0.4) is 0 Å². The summed E-state index contributed by atoms with van der Waals surface area (Å²) in [6.07, 6.45) is 0.0756. The lowest BCUT2D eigenvalue weighted by Gasteiger charge is -2.07. The second-order valence-corrected chi connectivity index (χ2v) is 2.45. The van der Waals surface area contributed by atoms with Crippen LogP contribution in [0.25, 0.3) is 0 Å². The molecule has 0 atom stereocenters. The highest BCUT2D eigenvalue weighted by Crippen LogP contribution is 2.23. The largest absolute Gasteiger partial charge is 0.432 e. The van der Waals surface area contributed by atoms with Crippen LogP contribution in [0, 0.1) is 17.1 Å². The molecule has 0 aliphatic carbocycles. The van der Waals surface area contributed by atoms with Crippen molar-refractivity contribution in [3.05, 3.63) is 29.1 Å². The van der Waals surface area contributed by atoms with E-state index in [-0.39, 0.29) is 11.8 Å². The molecular formula is C9H4F3NO2. The van der Waals surface area contributed by atoms with Gasteiger partial charge in [-0.15, -0.1) is 0 Å². The Balaban J connectivity index is 3.24. The fourth-order valence-electron chi connectivity index (χ4n) is 0.973. The maximum absolute atomic E-state index is 13.2. The van der Waals surface area contributed by atoms with Crippen molar-refractivity contribution in [1.29, 1.82) is 5.26 Å². The topological polar surface area (TPSA) is 50.1 Å². The molecule has 3 nitrogen and oxygen atoms in total. The predicted molar refractivity (Wildman–Crippen MR) is 43.1 cm³/mol. The molecule has 0 saturated carbocycles. The Morgan fingerprint density at radius 2 is 2.13 bits per heavy atom. The van der Waals surface area contributed by atoms with Crippen LogP contribution >= 0.6 is 0 Å². The third-order valence-corrected chi connectivity index (χ3v) is 1.60. The van der Waals surface area contributed by atoms with Crippen LogP contribution in [-0.4, -0.2) is 12.9 Å². The van der Waals surface area contributed by atoms with Crippen molar-refractivity contribution in [3.8, 4) is 11.8 Å². The summed E-state index contributed by atoms with van der Waals surface area (Å²) >= 11 is 0. The molecule has 1 rings (SSSR count). The number of carbonyl (C=O) groups excluding carboxylic acids is 1. The Hall–Kier alpha value is -2.03. The van der Waals surface area contributed by atoms with Gasteiger partial charge in [0.05, 0.1) is 17.2 Å². The van der Waals surface area contributed by atoms with Gasteiger partial charge in [-0.1, -0.05) is 0 Å². The number of hydrogen-bond acceptors (Lipinski definition) is 3. The van der Waals surface area contributed by atoms with E-state index in [1.165, 1.54) is 0 Å². The number of nitriles is 1. The Morgan fingerprint density at radius 3 is 2.60 bits per heavy atom. The monoisotopic (exact) mass is 215 g/mol. The van der Waals surface area contributed by atoms with Gasteiger partial charge in [-0.05, 0) is 12.1 Å². The minimum Gasteiger partial charge on any atom is -0.432 e. The summed E-state index contributed by atoms with van der Waals surface area (Å²) in [4.78, 5) is 10.4. The summed E-state index contributed by atoms with van der Waals surface area (Å²) in [5, 5.41) is 8.48.